The van der Waals surface area contributed by atoms with Crippen LogP contribution < -0.4 is 5.32 Å². The molecule has 6 rings (SSSR count). The van der Waals surface area contributed by atoms with Crippen molar-refractivity contribution in [3.63, 3.8) is 0 Å². The lowest BCUT2D eigenvalue weighted by atomic mass is 9.92. The van der Waals surface area contributed by atoms with Crippen LogP contribution in [0.1, 0.15) is 27.2 Å². The average Bonchev–Trinajstić information content (AvgIpc) is 3.51. The van der Waals surface area contributed by atoms with E-state index in [1.54, 1.807) is 31.0 Å². The largest absolute Gasteiger partial charge is 0.336 e. The number of carbonyl (C=O) groups is 1. The van der Waals surface area contributed by atoms with Gasteiger partial charge in [-0.05, 0) is 47.4 Å². The number of rotatable bonds is 5. The Balaban J connectivity index is 1.36. The van der Waals surface area contributed by atoms with Crippen LogP contribution in [0.2, 0.25) is 0 Å². The Bertz CT molecular complexity index is 1780. The van der Waals surface area contributed by atoms with Crippen molar-refractivity contribution < 1.29 is 4.79 Å². The molecule has 0 saturated heterocycles. The van der Waals surface area contributed by atoms with Crippen molar-refractivity contribution in [2.45, 2.75) is 27.2 Å². The fraction of sp³-hybridized carbons (Fsp3) is 0.172. The van der Waals surface area contributed by atoms with Crippen LogP contribution in [-0.2, 0) is 4.79 Å². The molecular weight excluding hydrogens is 476 g/mol. The third kappa shape index (κ3) is 4.61. The summed E-state index contributed by atoms with van der Waals surface area (Å²) in [6.45, 7) is 6.12. The lowest BCUT2D eigenvalue weighted by Crippen LogP contribution is -2.19. The van der Waals surface area contributed by atoms with E-state index in [0.29, 0.717) is 23.6 Å². The van der Waals surface area contributed by atoms with E-state index in [4.69, 9.17) is 4.98 Å². The molecule has 0 unspecified atom stereocenters. The Morgan fingerprint density at radius 3 is 2.53 bits per heavy atom. The monoisotopic (exact) mass is 502 g/mol. The van der Waals surface area contributed by atoms with Gasteiger partial charge >= 0.3 is 0 Å². The van der Waals surface area contributed by atoms with Gasteiger partial charge in [0.1, 0.15) is 11.2 Å². The first-order chi connectivity index (χ1) is 18.3. The van der Waals surface area contributed by atoms with Gasteiger partial charge in [0.2, 0.25) is 5.91 Å². The predicted octanol–water partition coefficient (Wildman–Crippen LogP) is 6.00. The third-order valence-electron chi connectivity index (χ3n) is 6.19. The maximum Gasteiger partial charge on any atom is 0.224 e. The normalized spacial score (nSPS) is 11.8. The number of nitrogens with one attached hydrogen (secondary N) is 3. The van der Waals surface area contributed by atoms with Gasteiger partial charge in [-0.25, -0.2) is 4.98 Å². The van der Waals surface area contributed by atoms with Crippen molar-refractivity contribution in [1.29, 1.82) is 0 Å². The summed E-state index contributed by atoms with van der Waals surface area (Å²) < 4.78 is 0. The van der Waals surface area contributed by atoms with E-state index in [1.165, 1.54) is 0 Å². The van der Waals surface area contributed by atoms with Gasteiger partial charge < -0.3 is 10.3 Å². The fourth-order valence-corrected chi connectivity index (χ4v) is 4.50. The molecule has 9 nitrogen and oxygen atoms in total. The number of pyridine rings is 3. The van der Waals surface area contributed by atoms with E-state index in [-0.39, 0.29) is 11.3 Å². The van der Waals surface area contributed by atoms with Crippen LogP contribution in [0.3, 0.4) is 0 Å². The molecule has 1 amide bonds. The third-order valence-corrected chi connectivity index (χ3v) is 6.19. The number of amides is 1. The summed E-state index contributed by atoms with van der Waals surface area (Å²) in [4.78, 5) is 33.7. The number of imidazole rings is 1. The van der Waals surface area contributed by atoms with Crippen LogP contribution in [0.25, 0.3) is 55.8 Å². The number of anilines is 1. The second-order valence-corrected chi connectivity index (χ2v) is 10.5. The molecule has 0 bridgehead atoms. The molecule has 6 aromatic rings. The van der Waals surface area contributed by atoms with Gasteiger partial charge in [0.05, 0.1) is 28.6 Å². The van der Waals surface area contributed by atoms with Crippen LogP contribution in [-0.4, -0.2) is 41.0 Å². The van der Waals surface area contributed by atoms with E-state index < -0.39 is 0 Å². The number of hydrogen-bond donors (Lipinski definition) is 3. The predicted molar refractivity (Wildman–Crippen MR) is 148 cm³/mol. The number of hydrogen-bond acceptors (Lipinski definition) is 6. The van der Waals surface area contributed by atoms with Gasteiger partial charge in [0, 0.05) is 47.7 Å². The summed E-state index contributed by atoms with van der Waals surface area (Å²) in [5.74, 6) is 0.613. The lowest BCUT2D eigenvalue weighted by Gasteiger charge is -2.17. The van der Waals surface area contributed by atoms with Crippen molar-refractivity contribution in [3.05, 3.63) is 73.4 Å². The molecule has 188 valence electrons. The summed E-state index contributed by atoms with van der Waals surface area (Å²) in [5.41, 5.74) is 7.38. The van der Waals surface area contributed by atoms with Crippen LogP contribution in [0.4, 0.5) is 5.69 Å². The number of H-pyrrole nitrogens is 2. The smallest absolute Gasteiger partial charge is 0.224 e. The van der Waals surface area contributed by atoms with Gasteiger partial charge in [-0.15, -0.1) is 0 Å². The minimum atomic E-state index is -0.0936. The van der Waals surface area contributed by atoms with E-state index in [2.05, 4.69) is 41.5 Å². The first-order valence-corrected chi connectivity index (χ1v) is 12.3. The zero-order valence-electron chi connectivity index (χ0n) is 21.3. The number of fused-ring (bicyclic) bond motifs is 2. The molecule has 5 heterocycles. The highest BCUT2D eigenvalue weighted by Gasteiger charge is 2.18. The number of nitrogens with zero attached hydrogens (tertiary/aromatic N) is 5. The Kier molecular flexibility index (Phi) is 5.68. The van der Waals surface area contributed by atoms with E-state index in [9.17, 15) is 4.79 Å². The molecule has 1 aromatic carbocycles. The molecule has 5 aromatic heterocycles. The van der Waals surface area contributed by atoms with Crippen molar-refractivity contribution in [2.24, 2.45) is 5.41 Å². The summed E-state index contributed by atoms with van der Waals surface area (Å²) in [5, 5.41) is 11.6. The number of aromatic nitrogens is 7. The standard InChI is InChI=1S/C29H26N8O/c1-29(2,3)14-24(38)33-20-12-19(15-31-16-20)18-4-5-22-21(13-18)26(37-36-22)28-34-23-8-11-32-25(27(23)35-28)17-6-9-30-10-7-17/h4-13,15-16H,14H2,1-3H3,(H,33,38)(H,34,35)(H,36,37). The molecule has 3 N–H and O–H groups in total. The van der Waals surface area contributed by atoms with E-state index in [1.807, 2.05) is 57.2 Å². The van der Waals surface area contributed by atoms with Crippen molar-refractivity contribution >= 4 is 33.5 Å². The van der Waals surface area contributed by atoms with Crippen molar-refractivity contribution in [3.8, 4) is 33.9 Å². The fourth-order valence-electron chi connectivity index (χ4n) is 4.50. The highest BCUT2D eigenvalue weighted by atomic mass is 16.1. The number of benzene rings is 1. The van der Waals surface area contributed by atoms with Crippen LogP contribution in [0, 0.1) is 5.41 Å². The minimum Gasteiger partial charge on any atom is -0.336 e. The molecule has 0 aliphatic rings. The highest BCUT2D eigenvalue weighted by Crippen LogP contribution is 2.32. The average molecular weight is 503 g/mol. The second kappa shape index (κ2) is 9.19. The van der Waals surface area contributed by atoms with Gasteiger partial charge in [0.25, 0.3) is 0 Å². The molecule has 9 heteroatoms. The molecule has 0 fully saturated rings. The van der Waals surface area contributed by atoms with E-state index in [0.717, 1.165) is 44.3 Å². The molecular formula is C29H26N8O. The molecule has 0 aliphatic carbocycles. The van der Waals surface area contributed by atoms with Gasteiger partial charge in [-0.2, -0.15) is 5.10 Å². The maximum absolute atomic E-state index is 12.4. The number of carbonyl (C=O) groups excluding carboxylic acids is 1. The quantitative estimate of drug-likeness (QED) is 0.265. The highest BCUT2D eigenvalue weighted by molar-refractivity contribution is 5.98. The van der Waals surface area contributed by atoms with Crippen LogP contribution >= 0.6 is 0 Å². The summed E-state index contributed by atoms with van der Waals surface area (Å²) >= 11 is 0. The first kappa shape index (κ1) is 23.5. The molecule has 38 heavy (non-hydrogen) atoms. The second-order valence-electron chi connectivity index (χ2n) is 10.5. The Morgan fingerprint density at radius 2 is 1.71 bits per heavy atom. The molecule has 0 radical (unpaired) electrons. The molecule has 0 spiro atoms. The topological polar surface area (TPSA) is 125 Å². The molecule has 0 atom stereocenters. The zero-order chi connectivity index (χ0) is 26.3. The zero-order valence-corrected chi connectivity index (χ0v) is 21.3. The Hall–Kier alpha value is -4.92. The van der Waals surface area contributed by atoms with Gasteiger partial charge in [-0.3, -0.25) is 24.8 Å². The summed E-state index contributed by atoms with van der Waals surface area (Å²) in [6, 6.07) is 13.7. The van der Waals surface area contributed by atoms with E-state index >= 15 is 0 Å². The molecule has 0 saturated carbocycles. The van der Waals surface area contributed by atoms with Crippen LogP contribution in [0.5, 0.6) is 0 Å². The van der Waals surface area contributed by atoms with Crippen LogP contribution in [0.15, 0.2) is 73.4 Å². The Labute approximate surface area is 218 Å². The minimum absolute atomic E-state index is 0.0328. The Morgan fingerprint density at radius 1 is 0.868 bits per heavy atom. The van der Waals surface area contributed by atoms with Gasteiger partial charge in [-0.1, -0.05) is 26.8 Å². The van der Waals surface area contributed by atoms with Crippen molar-refractivity contribution in [2.75, 3.05) is 5.32 Å². The van der Waals surface area contributed by atoms with Crippen molar-refractivity contribution in [1.82, 2.24) is 35.1 Å². The first-order valence-electron chi connectivity index (χ1n) is 12.3. The van der Waals surface area contributed by atoms with Gasteiger partial charge in [0.15, 0.2) is 5.82 Å². The summed E-state index contributed by atoms with van der Waals surface area (Å²) in [7, 11) is 0. The molecule has 0 aliphatic heterocycles. The maximum atomic E-state index is 12.4. The SMILES string of the molecule is CC(C)(C)CC(=O)Nc1cncc(-c2ccc3[nH]nc(-c4nc5c(-c6ccncc6)nccc5[nH]4)c3c2)c1. The summed E-state index contributed by atoms with van der Waals surface area (Å²) in [6.07, 6.45) is 9.12. The lowest BCUT2D eigenvalue weighted by molar-refractivity contribution is -0.117. The number of aromatic amines is 2.